The molecule has 1 fully saturated rings. The van der Waals surface area contributed by atoms with Crippen molar-refractivity contribution in [3.63, 3.8) is 0 Å². The van der Waals surface area contributed by atoms with Crippen molar-refractivity contribution in [1.82, 2.24) is 0 Å². The Morgan fingerprint density at radius 1 is 1.40 bits per heavy atom. The van der Waals surface area contributed by atoms with Crippen LogP contribution in [0.15, 0.2) is 24.3 Å². The summed E-state index contributed by atoms with van der Waals surface area (Å²) in [7, 11) is -3.38. The van der Waals surface area contributed by atoms with Crippen LogP contribution in [-0.4, -0.2) is 44.3 Å². The zero-order valence-electron chi connectivity index (χ0n) is 11.1. The predicted molar refractivity (Wildman–Crippen MR) is 70.3 cm³/mol. The van der Waals surface area contributed by atoms with Crippen molar-refractivity contribution in [3.8, 4) is 0 Å². The molecule has 1 heterocycles. The van der Waals surface area contributed by atoms with E-state index in [1.54, 1.807) is 0 Å². The van der Waals surface area contributed by atoms with Crippen LogP contribution in [0.3, 0.4) is 0 Å². The van der Waals surface area contributed by atoms with E-state index in [2.05, 4.69) is 0 Å². The van der Waals surface area contributed by atoms with Crippen LogP contribution in [0.5, 0.6) is 0 Å². The molecule has 1 aliphatic heterocycles. The van der Waals surface area contributed by atoms with Crippen LogP contribution >= 0.6 is 0 Å². The van der Waals surface area contributed by atoms with Gasteiger partial charge in [0.05, 0.1) is 13.2 Å². The molecular weight excluding hydrogens is 287 g/mol. The van der Waals surface area contributed by atoms with E-state index in [1.807, 2.05) is 0 Å². The largest absolute Gasteiger partial charge is 0.394 e. The average molecular weight is 304 g/mol. The van der Waals surface area contributed by atoms with E-state index in [1.165, 1.54) is 31.2 Å². The predicted octanol–water partition coefficient (Wildman–Crippen LogP) is 0.821. The van der Waals surface area contributed by atoms with Crippen LogP contribution in [-0.2, 0) is 25.1 Å². The fraction of sp³-hybridized carbons (Fsp3) is 0.538. The molecule has 0 unspecified atom stereocenters. The molecule has 1 saturated heterocycles. The summed E-state index contributed by atoms with van der Waals surface area (Å²) >= 11 is 0. The van der Waals surface area contributed by atoms with Crippen molar-refractivity contribution < 1.29 is 27.4 Å². The second-order valence-corrected chi connectivity index (χ2v) is 7.02. The highest BCUT2D eigenvalue weighted by Crippen LogP contribution is 2.36. The monoisotopic (exact) mass is 304 g/mol. The number of aliphatic hydroxyl groups is 1. The van der Waals surface area contributed by atoms with Crippen molar-refractivity contribution in [2.75, 3.05) is 24.7 Å². The second kappa shape index (κ2) is 5.77. The Morgan fingerprint density at radius 3 is 2.55 bits per heavy atom. The third kappa shape index (κ3) is 3.17. The average Bonchev–Trinajstić information content (AvgIpc) is 2.83. The zero-order valence-corrected chi connectivity index (χ0v) is 11.9. The number of aliphatic hydroxyl groups excluding tert-OH is 1. The zero-order chi connectivity index (χ0) is 14.8. The fourth-order valence-electron chi connectivity index (χ4n) is 2.06. The third-order valence-corrected chi connectivity index (χ3v) is 4.90. The van der Waals surface area contributed by atoms with Crippen LogP contribution < -0.4 is 0 Å². The first kappa shape index (κ1) is 15.4. The van der Waals surface area contributed by atoms with Gasteiger partial charge < -0.3 is 14.6 Å². The minimum absolute atomic E-state index is 0.0492. The smallest absolute Gasteiger partial charge is 0.209 e. The molecule has 0 spiro atoms. The molecule has 1 aromatic rings. The SMILES string of the molecule is CCS(=O)(=O)C[C@]1(c2ccc(F)cc2)OC[C@@H](CO)O1. The van der Waals surface area contributed by atoms with E-state index in [4.69, 9.17) is 14.6 Å². The molecule has 0 aliphatic carbocycles. The minimum atomic E-state index is -3.38. The molecule has 0 amide bonds. The first-order chi connectivity index (χ1) is 9.41. The van der Waals surface area contributed by atoms with Crippen molar-refractivity contribution in [1.29, 1.82) is 0 Å². The van der Waals surface area contributed by atoms with Crippen LogP contribution in [0.4, 0.5) is 4.39 Å². The maximum absolute atomic E-state index is 13.0. The van der Waals surface area contributed by atoms with Crippen molar-refractivity contribution >= 4 is 9.84 Å². The minimum Gasteiger partial charge on any atom is -0.394 e. The number of hydrogen-bond donors (Lipinski definition) is 1. The normalized spacial score (nSPS) is 26.9. The van der Waals surface area contributed by atoms with Gasteiger partial charge in [-0.05, 0) is 12.1 Å². The number of rotatable bonds is 5. The van der Waals surface area contributed by atoms with Gasteiger partial charge in [0.2, 0.25) is 5.79 Å². The van der Waals surface area contributed by atoms with Gasteiger partial charge in [-0.2, -0.15) is 0 Å². The Bertz CT molecular complexity index is 557. The van der Waals surface area contributed by atoms with Gasteiger partial charge in [0, 0.05) is 11.3 Å². The van der Waals surface area contributed by atoms with Crippen LogP contribution in [0, 0.1) is 5.82 Å². The number of ether oxygens (including phenoxy) is 2. The van der Waals surface area contributed by atoms with Crippen LogP contribution in [0.25, 0.3) is 0 Å². The summed E-state index contributed by atoms with van der Waals surface area (Å²) in [6.45, 7) is 1.36. The lowest BCUT2D eigenvalue weighted by Crippen LogP contribution is -2.37. The Kier molecular flexibility index (Phi) is 4.43. The number of halogens is 1. The lowest BCUT2D eigenvalue weighted by molar-refractivity contribution is -0.162. The highest BCUT2D eigenvalue weighted by atomic mass is 32.2. The van der Waals surface area contributed by atoms with Crippen molar-refractivity contribution in [2.24, 2.45) is 0 Å². The molecule has 20 heavy (non-hydrogen) atoms. The van der Waals surface area contributed by atoms with Crippen molar-refractivity contribution in [2.45, 2.75) is 18.8 Å². The van der Waals surface area contributed by atoms with Gasteiger partial charge in [-0.15, -0.1) is 0 Å². The van der Waals surface area contributed by atoms with Gasteiger partial charge in [0.25, 0.3) is 0 Å². The summed E-state index contributed by atoms with van der Waals surface area (Å²) in [5.74, 6) is -2.32. The summed E-state index contributed by atoms with van der Waals surface area (Å²) < 4.78 is 47.9. The van der Waals surface area contributed by atoms with Gasteiger partial charge >= 0.3 is 0 Å². The fourth-order valence-corrected chi connectivity index (χ4v) is 3.16. The molecule has 112 valence electrons. The number of sulfone groups is 1. The van der Waals surface area contributed by atoms with E-state index in [0.29, 0.717) is 5.56 Å². The molecule has 0 radical (unpaired) electrons. The lowest BCUT2D eigenvalue weighted by Gasteiger charge is -2.28. The molecule has 0 bridgehead atoms. The molecule has 0 aromatic heterocycles. The van der Waals surface area contributed by atoms with Gasteiger partial charge in [0.1, 0.15) is 17.7 Å². The molecule has 1 aromatic carbocycles. The van der Waals surface area contributed by atoms with E-state index in [0.717, 1.165) is 0 Å². The molecule has 2 atom stereocenters. The Balaban J connectivity index is 2.37. The lowest BCUT2D eigenvalue weighted by atomic mass is 10.1. The van der Waals surface area contributed by atoms with E-state index in [-0.39, 0.29) is 24.7 Å². The third-order valence-electron chi connectivity index (χ3n) is 3.20. The molecular formula is C13H17FO5S. The molecule has 2 rings (SSSR count). The first-order valence-electron chi connectivity index (χ1n) is 6.30. The topological polar surface area (TPSA) is 72.8 Å². The number of hydrogen-bond acceptors (Lipinski definition) is 5. The molecule has 5 nitrogen and oxygen atoms in total. The Morgan fingerprint density at radius 2 is 2.05 bits per heavy atom. The first-order valence-corrected chi connectivity index (χ1v) is 8.12. The summed E-state index contributed by atoms with van der Waals surface area (Å²) in [5, 5.41) is 9.13. The maximum atomic E-state index is 13.0. The second-order valence-electron chi connectivity index (χ2n) is 4.67. The van der Waals surface area contributed by atoms with Gasteiger partial charge in [-0.25, -0.2) is 12.8 Å². The maximum Gasteiger partial charge on any atom is 0.209 e. The van der Waals surface area contributed by atoms with Gasteiger partial charge in [-0.1, -0.05) is 19.1 Å². The molecule has 7 heteroatoms. The summed E-state index contributed by atoms with van der Waals surface area (Å²) in [6.07, 6.45) is -0.591. The standard InChI is InChI=1S/C13H17FO5S/c1-2-20(16,17)9-13(18-8-12(7-15)19-13)10-3-5-11(14)6-4-10/h3-6,12,15H,2,7-9H2,1H3/t12-,13+/m1/s1. The highest BCUT2D eigenvalue weighted by Gasteiger charge is 2.46. The van der Waals surface area contributed by atoms with Crippen LogP contribution in [0.1, 0.15) is 12.5 Å². The Hall–Kier alpha value is -1.02. The van der Waals surface area contributed by atoms with Crippen molar-refractivity contribution in [3.05, 3.63) is 35.6 Å². The molecule has 0 saturated carbocycles. The number of benzene rings is 1. The summed E-state index contributed by atoms with van der Waals surface area (Å²) in [6, 6.07) is 5.30. The van der Waals surface area contributed by atoms with Gasteiger partial charge in [-0.3, -0.25) is 0 Å². The molecule has 1 N–H and O–H groups in total. The molecule has 1 aliphatic rings. The van der Waals surface area contributed by atoms with Crippen LogP contribution in [0.2, 0.25) is 0 Å². The van der Waals surface area contributed by atoms with E-state index < -0.39 is 27.5 Å². The highest BCUT2D eigenvalue weighted by molar-refractivity contribution is 7.91. The quantitative estimate of drug-likeness (QED) is 0.872. The van der Waals surface area contributed by atoms with E-state index in [9.17, 15) is 12.8 Å². The van der Waals surface area contributed by atoms with Gasteiger partial charge in [0.15, 0.2) is 9.84 Å². The van der Waals surface area contributed by atoms with E-state index >= 15 is 0 Å². The Labute approximate surface area is 117 Å². The summed E-state index contributed by atoms with van der Waals surface area (Å²) in [4.78, 5) is 0. The summed E-state index contributed by atoms with van der Waals surface area (Å²) in [5.41, 5.74) is 0.423.